The van der Waals surface area contributed by atoms with Gasteiger partial charge < -0.3 is 9.88 Å². The van der Waals surface area contributed by atoms with Gasteiger partial charge in [-0.1, -0.05) is 12.8 Å². The number of hydrogen-bond acceptors (Lipinski definition) is 3. The van der Waals surface area contributed by atoms with Crippen molar-refractivity contribution < 1.29 is 4.79 Å². The van der Waals surface area contributed by atoms with Crippen LogP contribution >= 0.6 is 12.8 Å². The molecule has 1 aliphatic rings. The molecular formula is C10H16N4OS. The van der Waals surface area contributed by atoms with Crippen LogP contribution in [-0.2, 0) is 13.0 Å². The largest absolute Gasteiger partial charge is 0.347 e. The summed E-state index contributed by atoms with van der Waals surface area (Å²) in [6.07, 6.45) is 2.49. The average Bonchev–Trinajstić information content (AvgIpc) is 2.73. The summed E-state index contributed by atoms with van der Waals surface area (Å²) in [6, 6.07) is 0.0533. The van der Waals surface area contributed by atoms with Crippen molar-refractivity contribution in [3.8, 4) is 0 Å². The molecule has 0 atom stereocenters. The molecule has 0 unspecified atom stereocenters. The number of thiol groups is 1. The van der Waals surface area contributed by atoms with Crippen LogP contribution in [0, 0.1) is 0 Å². The summed E-state index contributed by atoms with van der Waals surface area (Å²) in [7, 11) is 0. The maximum atomic E-state index is 12.0. The van der Waals surface area contributed by atoms with E-state index in [1.807, 2.05) is 13.8 Å². The molecule has 1 N–H and O–H groups in total. The minimum absolute atomic E-state index is 0.0430. The first-order chi connectivity index (χ1) is 7.59. The lowest BCUT2D eigenvalue weighted by Gasteiger charge is -2.31. The fourth-order valence-corrected chi connectivity index (χ4v) is 1.87. The molecule has 0 bridgehead atoms. The lowest BCUT2D eigenvalue weighted by atomic mass is 10.1. The van der Waals surface area contributed by atoms with Crippen LogP contribution < -0.4 is 0 Å². The quantitative estimate of drug-likeness (QED) is 0.730. The maximum Gasteiger partial charge on any atom is 0.330 e. The molecule has 1 aromatic heterocycles. The van der Waals surface area contributed by atoms with Gasteiger partial charge in [0.15, 0.2) is 0 Å². The van der Waals surface area contributed by atoms with Crippen molar-refractivity contribution in [1.82, 2.24) is 19.2 Å². The Balaban J connectivity index is 2.06. The van der Waals surface area contributed by atoms with Gasteiger partial charge in [0.25, 0.3) is 0 Å². The number of urea groups is 1. The summed E-state index contributed by atoms with van der Waals surface area (Å²) in [5.74, 6) is 0. The topological polar surface area (TPSA) is 52.2 Å². The van der Waals surface area contributed by atoms with E-state index in [4.69, 9.17) is 0 Å². The molecular weight excluding hydrogens is 224 g/mol. The number of aromatic nitrogens is 2. The van der Waals surface area contributed by atoms with Crippen LogP contribution in [0.2, 0.25) is 0 Å². The van der Waals surface area contributed by atoms with Crippen molar-refractivity contribution in [1.29, 1.82) is 0 Å². The highest BCUT2D eigenvalue weighted by atomic mass is 32.1. The molecule has 0 aromatic carbocycles. The first-order valence-electron chi connectivity index (χ1n) is 5.37. The second-order valence-corrected chi connectivity index (χ2v) is 4.65. The predicted molar refractivity (Wildman–Crippen MR) is 64.1 cm³/mol. The number of imidazole rings is 1. The number of hydrogen-bond donors (Lipinski definition) is 2. The number of nitrogens with one attached hydrogen (secondary N) is 1. The van der Waals surface area contributed by atoms with E-state index in [2.05, 4.69) is 22.8 Å². The van der Waals surface area contributed by atoms with E-state index in [0.717, 1.165) is 17.8 Å². The molecule has 0 aliphatic carbocycles. The van der Waals surface area contributed by atoms with E-state index in [1.54, 1.807) is 11.2 Å². The SMILES string of the molecule is CC(C)N(S)C(=O)N1CCc2nc[nH]c2C1. The van der Waals surface area contributed by atoms with Gasteiger partial charge in [-0.25, -0.2) is 9.78 Å². The van der Waals surface area contributed by atoms with E-state index in [1.165, 1.54) is 4.31 Å². The summed E-state index contributed by atoms with van der Waals surface area (Å²) in [5.41, 5.74) is 2.10. The summed E-state index contributed by atoms with van der Waals surface area (Å²) in [4.78, 5) is 21.1. The van der Waals surface area contributed by atoms with E-state index in [9.17, 15) is 4.79 Å². The Hall–Kier alpha value is -1.17. The lowest BCUT2D eigenvalue weighted by Crippen LogP contribution is -2.43. The zero-order valence-electron chi connectivity index (χ0n) is 9.47. The molecule has 6 heteroatoms. The molecule has 0 saturated carbocycles. The molecule has 0 saturated heterocycles. The van der Waals surface area contributed by atoms with Crippen LogP contribution in [0.4, 0.5) is 4.79 Å². The molecule has 2 heterocycles. The molecule has 16 heavy (non-hydrogen) atoms. The van der Waals surface area contributed by atoms with Gasteiger partial charge in [0.1, 0.15) is 0 Å². The van der Waals surface area contributed by atoms with E-state index >= 15 is 0 Å². The van der Waals surface area contributed by atoms with E-state index < -0.39 is 0 Å². The Kier molecular flexibility index (Phi) is 3.09. The normalized spacial score (nSPS) is 15.1. The number of nitrogens with zero attached hydrogens (tertiary/aromatic N) is 3. The first kappa shape index (κ1) is 11.3. The number of H-pyrrole nitrogens is 1. The van der Waals surface area contributed by atoms with E-state index in [0.29, 0.717) is 13.1 Å². The standard InChI is InChI=1S/C10H16N4OS/c1-7(2)14(16)10(15)13-4-3-8-9(5-13)12-6-11-8/h6-7,16H,3-5H2,1-2H3,(H,11,12). The minimum atomic E-state index is -0.0430. The van der Waals surface area contributed by atoms with Crippen LogP contribution in [-0.4, -0.2) is 37.8 Å². The summed E-state index contributed by atoms with van der Waals surface area (Å²) < 4.78 is 1.46. The fraction of sp³-hybridized carbons (Fsp3) is 0.600. The Morgan fingerprint density at radius 2 is 2.44 bits per heavy atom. The van der Waals surface area contributed by atoms with Crippen LogP contribution in [0.3, 0.4) is 0 Å². The van der Waals surface area contributed by atoms with E-state index in [-0.39, 0.29) is 12.1 Å². The number of rotatable bonds is 1. The summed E-state index contributed by atoms with van der Waals surface area (Å²) >= 11 is 4.20. The summed E-state index contributed by atoms with van der Waals surface area (Å²) in [6.45, 7) is 5.19. The predicted octanol–water partition coefficient (Wildman–Crippen LogP) is 1.44. The van der Waals surface area contributed by atoms with Crippen molar-refractivity contribution in [2.24, 2.45) is 0 Å². The molecule has 2 rings (SSSR count). The van der Waals surface area contributed by atoms with Crippen LogP contribution in [0.1, 0.15) is 25.2 Å². The monoisotopic (exact) mass is 240 g/mol. The zero-order chi connectivity index (χ0) is 11.7. The highest BCUT2D eigenvalue weighted by Gasteiger charge is 2.25. The lowest BCUT2D eigenvalue weighted by molar-refractivity contribution is 0.168. The second-order valence-electron chi connectivity index (χ2n) is 4.22. The zero-order valence-corrected chi connectivity index (χ0v) is 10.4. The molecule has 0 radical (unpaired) electrons. The number of carbonyl (C=O) groups excluding carboxylic acids is 1. The second kappa shape index (κ2) is 4.37. The van der Waals surface area contributed by atoms with Gasteiger partial charge in [0, 0.05) is 19.0 Å². The van der Waals surface area contributed by atoms with Crippen molar-refractivity contribution in [2.45, 2.75) is 32.9 Å². The van der Waals surface area contributed by atoms with Crippen molar-refractivity contribution in [2.75, 3.05) is 6.54 Å². The molecule has 88 valence electrons. The molecule has 1 aliphatic heterocycles. The van der Waals surface area contributed by atoms with Gasteiger partial charge in [-0.05, 0) is 13.8 Å². The Labute approximate surface area is 100 Å². The molecule has 1 aromatic rings. The third-order valence-electron chi connectivity index (χ3n) is 2.73. The van der Waals surface area contributed by atoms with Gasteiger partial charge >= 0.3 is 6.03 Å². The molecule has 5 nitrogen and oxygen atoms in total. The minimum Gasteiger partial charge on any atom is -0.347 e. The Morgan fingerprint density at radius 3 is 3.12 bits per heavy atom. The van der Waals surface area contributed by atoms with Crippen molar-refractivity contribution in [3.63, 3.8) is 0 Å². The van der Waals surface area contributed by atoms with Crippen molar-refractivity contribution >= 4 is 18.8 Å². The van der Waals surface area contributed by atoms with Crippen LogP contribution in [0.25, 0.3) is 0 Å². The van der Waals surface area contributed by atoms with Crippen molar-refractivity contribution in [3.05, 3.63) is 17.7 Å². The fourth-order valence-electron chi connectivity index (χ4n) is 1.74. The van der Waals surface area contributed by atoms with Gasteiger partial charge in [0.05, 0.1) is 24.3 Å². The molecule has 0 fully saturated rings. The van der Waals surface area contributed by atoms with Gasteiger partial charge in [-0.3, -0.25) is 4.31 Å². The van der Waals surface area contributed by atoms with Gasteiger partial charge in [0.2, 0.25) is 0 Å². The van der Waals surface area contributed by atoms with Crippen LogP contribution in [0.15, 0.2) is 6.33 Å². The number of aromatic amines is 1. The number of carbonyl (C=O) groups is 1. The third kappa shape index (κ3) is 2.02. The average molecular weight is 240 g/mol. The molecule has 2 amide bonds. The Morgan fingerprint density at radius 1 is 1.69 bits per heavy atom. The Bertz CT molecular complexity index is 390. The number of amides is 2. The van der Waals surface area contributed by atoms with Gasteiger partial charge in [-0.15, -0.1) is 0 Å². The highest BCUT2D eigenvalue weighted by Crippen LogP contribution is 2.17. The van der Waals surface area contributed by atoms with Gasteiger partial charge in [-0.2, -0.15) is 0 Å². The molecule has 0 spiro atoms. The maximum absolute atomic E-state index is 12.0. The first-order valence-corrected chi connectivity index (χ1v) is 5.77. The van der Waals surface area contributed by atoms with Crippen LogP contribution in [0.5, 0.6) is 0 Å². The smallest absolute Gasteiger partial charge is 0.330 e. The highest BCUT2D eigenvalue weighted by molar-refractivity contribution is 7.78. The third-order valence-corrected chi connectivity index (χ3v) is 3.36. The summed E-state index contributed by atoms with van der Waals surface area (Å²) in [5, 5.41) is 0. The number of fused-ring (bicyclic) bond motifs is 1.